The summed E-state index contributed by atoms with van der Waals surface area (Å²) in [5.74, 6) is -0.124. The van der Waals surface area contributed by atoms with E-state index in [1.165, 1.54) is 19.1 Å². The highest BCUT2D eigenvalue weighted by atomic mass is 32.2. The molecule has 0 aliphatic heterocycles. The van der Waals surface area contributed by atoms with Crippen molar-refractivity contribution in [2.75, 3.05) is 17.7 Å². The number of sulfone groups is 1. The third-order valence-electron chi connectivity index (χ3n) is 3.17. The number of amides is 1. The molecule has 2 aromatic carbocycles. The van der Waals surface area contributed by atoms with E-state index in [1.807, 2.05) is 0 Å². The van der Waals surface area contributed by atoms with Crippen molar-refractivity contribution in [1.82, 2.24) is 0 Å². The van der Waals surface area contributed by atoms with Crippen LogP contribution in [0.3, 0.4) is 0 Å². The number of ether oxygens (including phenoxy) is 1. The maximum atomic E-state index is 12.8. The SMILES string of the molecule is CC(=O)Nc1ccc(OCCCS(=O)(=O)c2ccc(F)cc2)cc1. The average Bonchev–Trinajstić information content (AvgIpc) is 2.53. The van der Waals surface area contributed by atoms with E-state index < -0.39 is 15.7 Å². The van der Waals surface area contributed by atoms with E-state index in [-0.39, 0.29) is 23.2 Å². The zero-order valence-corrected chi connectivity index (χ0v) is 14.0. The topological polar surface area (TPSA) is 72.5 Å². The summed E-state index contributed by atoms with van der Waals surface area (Å²) in [7, 11) is -3.45. The van der Waals surface area contributed by atoms with Crippen LogP contribution in [0, 0.1) is 5.82 Å². The van der Waals surface area contributed by atoms with Crippen LogP contribution >= 0.6 is 0 Å². The van der Waals surface area contributed by atoms with E-state index in [0.29, 0.717) is 17.9 Å². The Balaban J connectivity index is 1.82. The smallest absolute Gasteiger partial charge is 0.221 e. The highest BCUT2D eigenvalue weighted by Crippen LogP contribution is 2.17. The number of halogens is 1. The first-order chi connectivity index (χ1) is 11.4. The Morgan fingerprint density at radius 2 is 1.71 bits per heavy atom. The summed E-state index contributed by atoms with van der Waals surface area (Å²) in [4.78, 5) is 11.0. The molecule has 0 bridgehead atoms. The van der Waals surface area contributed by atoms with Gasteiger partial charge < -0.3 is 10.1 Å². The summed E-state index contributed by atoms with van der Waals surface area (Å²) in [6, 6.07) is 11.6. The Morgan fingerprint density at radius 3 is 2.29 bits per heavy atom. The molecule has 0 fully saturated rings. The van der Waals surface area contributed by atoms with Gasteiger partial charge >= 0.3 is 0 Å². The molecule has 24 heavy (non-hydrogen) atoms. The molecule has 1 N–H and O–H groups in total. The zero-order chi connectivity index (χ0) is 17.6. The van der Waals surface area contributed by atoms with Crippen LogP contribution in [0.25, 0.3) is 0 Å². The van der Waals surface area contributed by atoms with Crippen molar-refractivity contribution in [1.29, 1.82) is 0 Å². The molecule has 0 aliphatic carbocycles. The number of rotatable bonds is 7. The van der Waals surface area contributed by atoms with E-state index in [1.54, 1.807) is 24.3 Å². The lowest BCUT2D eigenvalue weighted by atomic mass is 10.3. The molecule has 0 aliphatic rings. The first kappa shape index (κ1) is 17.9. The number of hydrogen-bond acceptors (Lipinski definition) is 4. The Labute approximate surface area is 140 Å². The fourth-order valence-corrected chi connectivity index (χ4v) is 3.32. The molecular weight excluding hydrogens is 333 g/mol. The molecule has 5 nitrogen and oxygen atoms in total. The molecular formula is C17H18FNO4S. The van der Waals surface area contributed by atoms with Gasteiger partial charge in [-0.3, -0.25) is 4.79 Å². The van der Waals surface area contributed by atoms with Crippen LogP contribution < -0.4 is 10.1 Å². The Kier molecular flexibility index (Phi) is 5.92. The number of benzene rings is 2. The predicted molar refractivity (Wildman–Crippen MR) is 89.3 cm³/mol. The third-order valence-corrected chi connectivity index (χ3v) is 4.99. The number of nitrogens with one attached hydrogen (secondary N) is 1. The minimum Gasteiger partial charge on any atom is -0.494 e. The third kappa shape index (κ3) is 5.34. The zero-order valence-electron chi connectivity index (χ0n) is 13.2. The fraction of sp³-hybridized carbons (Fsp3) is 0.235. The summed E-state index contributed by atoms with van der Waals surface area (Å²) >= 11 is 0. The summed E-state index contributed by atoms with van der Waals surface area (Å²) in [6.07, 6.45) is 0.313. The van der Waals surface area contributed by atoms with Crippen molar-refractivity contribution in [3.63, 3.8) is 0 Å². The Bertz CT molecular complexity index is 786. The van der Waals surface area contributed by atoms with Gasteiger partial charge in [0.1, 0.15) is 11.6 Å². The molecule has 0 spiro atoms. The quantitative estimate of drug-likeness (QED) is 0.615. The van der Waals surface area contributed by atoms with E-state index in [2.05, 4.69) is 5.32 Å². The molecule has 2 rings (SSSR count). The lowest BCUT2D eigenvalue weighted by molar-refractivity contribution is -0.114. The summed E-state index contributed by atoms with van der Waals surface area (Å²) in [6.45, 7) is 1.66. The molecule has 0 heterocycles. The second-order valence-electron chi connectivity index (χ2n) is 5.18. The lowest BCUT2D eigenvalue weighted by Gasteiger charge is -2.08. The molecule has 1 amide bonds. The van der Waals surface area contributed by atoms with Gasteiger partial charge in [-0.1, -0.05) is 0 Å². The van der Waals surface area contributed by atoms with E-state index in [9.17, 15) is 17.6 Å². The van der Waals surface area contributed by atoms with E-state index >= 15 is 0 Å². The molecule has 7 heteroatoms. The van der Waals surface area contributed by atoms with Gasteiger partial charge in [0.15, 0.2) is 9.84 Å². The van der Waals surface area contributed by atoms with E-state index in [0.717, 1.165) is 12.1 Å². The van der Waals surface area contributed by atoms with Crippen LogP contribution in [0.4, 0.5) is 10.1 Å². The molecule has 0 aromatic heterocycles. The lowest BCUT2D eigenvalue weighted by Crippen LogP contribution is -2.10. The largest absolute Gasteiger partial charge is 0.494 e. The van der Waals surface area contributed by atoms with Crippen LogP contribution in [0.5, 0.6) is 5.75 Å². The molecule has 2 aromatic rings. The fourth-order valence-electron chi connectivity index (χ4n) is 2.04. The summed E-state index contributed by atoms with van der Waals surface area (Å²) < 4.78 is 42.5. The average molecular weight is 351 g/mol. The van der Waals surface area contributed by atoms with Gasteiger partial charge in [-0.05, 0) is 55.0 Å². The van der Waals surface area contributed by atoms with Gasteiger partial charge in [0.2, 0.25) is 5.91 Å². The van der Waals surface area contributed by atoms with Gasteiger partial charge in [-0.2, -0.15) is 0 Å². The van der Waals surface area contributed by atoms with Crippen LogP contribution in [0.2, 0.25) is 0 Å². The van der Waals surface area contributed by atoms with Gasteiger partial charge in [0.25, 0.3) is 0 Å². The summed E-state index contributed by atoms with van der Waals surface area (Å²) in [5, 5.41) is 2.64. The van der Waals surface area contributed by atoms with Gasteiger partial charge in [-0.15, -0.1) is 0 Å². The second-order valence-corrected chi connectivity index (χ2v) is 7.29. The van der Waals surface area contributed by atoms with Crippen molar-refractivity contribution < 1.29 is 22.3 Å². The number of hydrogen-bond donors (Lipinski definition) is 1. The van der Waals surface area contributed by atoms with E-state index in [4.69, 9.17) is 4.74 Å². The minimum absolute atomic E-state index is 0.0807. The first-order valence-corrected chi connectivity index (χ1v) is 9.01. The first-order valence-electron chi connectivity index (χ1n) is 7.35. The predicted octanol–water partition coefficient (Wildman–Crippen LogP) is 3.03. The number of carbonyl (C=O) groups is 1. The maximum Gasteiger partial charge on any atom is 0.221 e. The van der Waals surface area contributed by atoms with Crippen LogP contribution in [-0.2, 0) is 14.6 Å². The van der Waals surface area contributed by atoms with Gasteiger partial charge in [-0.25, -0.2) is 12.8 Å². The molecule has 0 saturated heterocycles. The van der Waals surface area contributed by atoms with Crippen molar-refractivity contribution in [2.24, 2.45) is 0 Å². The van der Waals surface area contributed by atoms with Crippen LogP contribution in [0.1, 0.15) is 13.3 Å². The maximum absolute atomic E-state index is 12.8. The molecule has 128 valence electrons. The van der Waals surface area contributed by atoms with Crippen molar-refractivity contribution in [3.05, 3.63) is 54.3 Å². The van der Waals surface area contributed by atoms with Crippen molar-refractivity contribution in [3.8, 4) is 5.75 Å². The van der Waals surface area contributed by atoms with Crippen molar-refractivity contribution >= 4 is 21.4 Å². The van der Waals surface area contributed by atoms with Crippen LogP contribution in [-0.4, -0.2) is 26.7 Å². The Morgan fingerprint density at radius 1 is 1.08 bits per heavy atom. The van der Waals surface area contributed by atoms with Gasteiger partial charge in [0, 0.05) is 12.6 Å². The molecule has 0 radical (unpaired) electrons. The highest BCUT2D eigenvalue weighted by molar-refractivity contribution is 7.91. The highest BCUT2D eigenvalue weighted by Gasteiger charge is 2.14. The summed E-state index contributed by atoms with van der Waals surface area (Å²) in [5.41, 5.74) is 0.661. The minimum atomic E-state index is -3.45. The number of carbonyl (C=O) groups excluding carboxylic acids is 1. The van der Waals surface area contributed by atoms with Crippen molar-refractivity contribution in [2.45, 2.75) is 18.2 Å². The molecule has 0 saturated carbocycles. The van der Waals surface area contributed by atoms with Gasteiger partial charge in [0.05, 0.1) is 17.3 Å². The molecule has 0 atom stereocenters. The monoisotopic (exact) mass is 351 g/mol. The second kappa shape index (κ2) is 7.92. The number of anilines is 1. The normalized spacial score (nSPS) is 11.1. The molecule has 0 unspecified atom stereocenters. The Hall–Kier alpha value is -2.41. The standard InChI is InChI=1S/C17H18FNO4S/c1-13(20)19-15-5-7-16(8-6-15)23-11-2-12-24(21,22)17-9-3-14(18)4-10-17/h3-10H,2,11-12H2,1H3,(H,19,20). The van der Waals surface area contributed by atoms with Crippen LogP contribution in [0.15, 0.2) is 53.4 Å².